The molecule has 0 bridgehead atoms. The van der Waals surface area contributed by atoms with Gasteiger partial charge in [0.15, 0.2) is 0 Å². The normalized spacial score (nSPS) is 44.9. The minimum Gasteiger partial charge on any atom is -0.303 e. The SMILES string of the molecule is CCCC1(C)C(CC=O)CCC2C3=CC=CC3(C)CCC21. The van der Waals surface area contributed by atoms with Crippen LogP contribution in [0.25, 0.3) is 0 Å². The predicted molar refractivity (Wildman–Crippen MR) is 88.0 cm³/mol. The third kappa shape index (κ3) is 2.24. The molecule has 0 aliphatic heterocycles. The van der Waals surface area contributed by atoms with E-state index in [9.17, 15) is 4.79 Å². The van der Waals surface area contributed by atoms with E-state index in [2.05, 4.69) is 39.0 Å². The van der Waals surface area contributed by atoms with Crippen LogP contribution in [0.3, 0.4) is 0 Å². The molecule has 0 heterocycles. The molecule has 0 amide bonds. The Balaban J connectivity index is 1.91. The molecule has 3 aliphatic carbocycles. The maximum Gasteiger partial charge on any atom is 0.120 e. The first-order valence-electron chi connectivity index (χ1n) is 8.88. The van der Waals surface area contributed by atoms with Crippen LogP contribution in [0.2, 0.25) is 0 Å². The highest BCUT2D eigenvalue weighted by atomic mass is 16.1. The summed E-state index contributed by atoms with van der Waals surface area (Å²) in [5.41, 5.74) is 2.40. The number of aldehydes is 1. The van der Waals surface area contributed by atoms with Gasteiger partial charge in [0.25, 0.3) is 0 Å². The number of hydrogen-bond acceptors (Lipinski definition) is 1. The van der Waals surface area contributed by atoms with E-state index in [-0.39, 0.29) is 0 Å². The van der Waals surface area contributed by atoms with Crippen molar-refractivity contribution in [3.8, 4) is 0 Å². The van der Waals surface area contributed by atoms with Crippen molar-refractivity contribution < 1.29 is 4.79 Å². The first kappa shape index (κ1) is 15.1. The Hall–Kier alpha value is -0.850. The highest BCUT2D eigenvalue weighted by Crippen LogP contribution is 2.62. The quantitative estimate of drug-likeness (QED) is 0.639. The van der Waals surface area contributed by atoms with Crippen LogP contribution in [-0.2, 0) is 4.79 Å². The number of hydrogen-bond donors (Lipinski definition) is 0. The van der Waals surface area contributed by atoms with Crippen molar-refractivity contribution in [2.75, 3.05) is 0 Å². The molecule has 3 rings (SSSR count). The lowest BCUT2D eigenvalue weighted by molar-refractivity contribution is -0.112. The highest BCUT2D eigenvalue weighted by molar-refractivity contribution is 5.50. The zero-order valence-corrected chi connectivity index (χ0v) is 13.9. The van der Waals surface area contributed by atoms with Gasteiger partial charge in [-0.2, -0.15) is 0 Å². The average molecular weight is 286 g/mol. The van der Waals surface area contributed by atoms with E-state index in [4.69, 9.17) is 0 Å². The molecule has 2 fully saturated rings. The average Bonchev–Trinajstić information content (AvgIpc) is 2.84. The lowest BCUT2D eigenvalue weighted by atomic mass is 9.48. The highest BCUT2D eigenvalue weighted by Gasteiger charge is 2.53. The monoisotopic (exact) mass is 286 g/mol. The first-order chi connectivity index (χ1) is 10.0. The Labute approximate surface area is 129 Å². The summed E-state index contributed by atoms with van der Waals surface area (Å²) in [5.74, 6) is 2.16. The van der Waals surface area contributed by atoms with Gasteiger partial charge in [0.1, 0.15) is 6.29 Å². The summed E-state index contributed by atoms with van der Waals surface area (Å²) in [6, 6.07) is 0. The van der Waals surface area contributed by atoms with Crippen LogP contribution >= 0.6 is 0 Å². The summed E-state index contributed by atoms with van der Waals surface area (Å²) in [5, 5.41) is 0. The van der Waals surface area contributed by atoms with E-state index in [0.717, 1.165) is 18.3 Å². The molecule has 0 N–H and O–H groups in total. The zero-order chi connectivity index (χ0) is 15.1. The van der Waals surface area contributed by atoms with Gasteiger partial charge in [-0.15, -0.1) is 0 Å². The zero-order valence-electron chi connectivity index (χ0n) is 13.9. The number of allylic oxidation sites excluding steroid dienone is 4. The van der Waals surface area contributed by atoms with Crippen LogP contribution in [0.15, 0.2) is 23.8 Å². The fourth-order valence-corrected chi connectivity index (χ4v) is 5.89. The maximum absolute atomic E-state index is 11.1. The van der Waals surface area contributed by atoms with Crippen molar-refractivity contribution in [2.24, 2.45) is 28.6 Å². The minimum atomic E-state index is 0.339. The van der Waals surface area contributed by atoms with Crippen molar-refractivity contribution in [1.29, 1.82) is 0 Å². The van der Waals surface area contributed by atoms with Crippen LogP contribution in [0, 0.1) is 28.6 Å². The van der Waals surface area contributed by atoms with Gasteiger partial charge in [-0.05, 0) is 55.3 Å². The summed E-state index contributed by atoms with van der Waals surface area (Å²) >= 11 is 0. The van der Waals surface area contributed by atoms with Crippen molar-refractivity contribution in [1.82, 2.24) is 0 Å². The molecular weight excluding hydrogens is 256 g/mol. The summed E-state index contributed by atoms with van der Waals surface area (Å²) in [4.78, 5) is 11.1. The summed E-state index contributed by atoms with van der Waals surface area (Å²) < 4.78 is 0. The van der Waals surface area contributed by atoms with E-state index < -0.39 is 0 Å². The molecule has 116 valence electrons. The molecule has 5 unspecified atom stereocenters. The molecular formula is C20H30O. The third-order valence-electron chi connectivity index (χ3n) is 7.03. The number of carbonyl (C=O) groups is 1. The molecule has 0 saturated heterocycles. The molecule has 0 spiro atoms. The Morgan fingerprint density at radius 1 is 1.29 bits per heavy atom. The van der Waals surface area contributed by atoms with Gasteiger partial charge >= 0.3 is 0 Å². The third-order valence-corrected chi connectivity index (χ3v) is 7.03. The van der Waals surface area contributed by atoms with Gasteiger partial charge in [0.2, 0.25) is 0 Å². The molecule has 1 heteroatoms. The minimum absolute atomic E-state index is 0.339. The predicted octanol–water partition coefficient (Wildman–Crippen LogP) is 5.32. The topological polar surface area (TPSA) is 17.1 Å². The first-order valence-corrected chi connectivity index (χ1v) is 8.88. The van der Waals surface area contributed by atoms with Crippen molar-refractivity contribution in [3.05, 3.63) is 23.8 Å². The molecule has 5 atom stereocenters. The summed E-state index contributed by atoms with van der Waals surface area (Å²) in [6.07, 6.45) is 16.8. The fraction of sp³-hybridized carbons (Fsp3) is 0.750. The number of fused-ring (bicyclic) bond motifs is 3. The molecule has 3 aliphatic rings. The Kier molecular flexibility index (Phi) is 3.88. The van der Waals surface area contributed by atoms with Crippen LogP contribution in [0.1, 0.15) is 65.7 Å². The fourth-order valence-electron chi connectivity index (χ4n) is 5.89. The molecule has 0 aromatic rings. The second-order valence-electron chi connectivity index (χ2n) is 8.08. The van der Waals surface area contributed by atoms with Crippen molar-refractivity contribution >= 4 is 6.29 Å². The second kappa shape index (κ2) is 5.41. The van der Waals surface area contributed by atoms with Gasteiger partial charge in [-0.25, -0.2) is 0 Å². The largest absolute Gasteiger partial charge is 0.303 e. The Bertz CT molecular complexity index is 474. The lowest BCUT2D eigenvalue weighted by Gasteiger charge is -2.56. The Morgan fingerprint density at radius 2 is 2.10 bits per heavy atom. The van der Waals surface area contributed by atoms with Crippen LogP contribution in [0.4, 0.5) is 0 Å². The van der Waals surface area contributed by atoms with E-state index in [1.165, 1.54) is 44.8 Å². The lowest BCUT2D eigenvalue weighted by Crippen LogP contribution is -2.48. The van der Waals surface area contributed by atoms with Crippen LogP contribution in [-0.4, -0.2) is 6.29 Å². The van der Waals surface area contributed by atoms with E-state index in [1.54, 1.807) is 5.57 Å². The van der Waals surface area contributed by atoms with Gasteiger partial charge in [0.05, 0.1) is 0 Å². The van der Waals surface area contributed by atoms with Crippen molar-refractivity contribution in [2.45, 2.75) is 65.7 Å². The Morgan fingerprint density at radius 3 is 2.81 bits per heavy atom. The van der Waals surface area contributed by atoms with Crippen LogP contribution < -0.4 is 0 Å². The molecule has 2 saturated carbocycles. The van der Waals surface area contributed by atoms with E-state index >= 15 is 0 Å². The van der Waals surface area contributed by atoms with Gasteiger partial charge in [0, 0.05) is 11.8 Å². The van der Waals surface area contributed by atoms with E-state index in [1.807, 2.05) is 0 Å². The van der Waals surface area contributed by atoms with Crippen LogP contribution in [0.5, 0.6) is 0 Å². The van der Waals surface area contributed by atoms with Gasteiger partial charge < -0.3 is 4.79 Å². The molecule has 1 nitrogen and oxygen atoms in total. The summed E-state index contributed by atoms with van der Waals surface area (Å²) in [7, 11) is 0. The molecule has 21 heavy (non-hydrogen) atoms. The second-order valence-corrected chi connectivity index (χ2v) is 8.08. The molecule has 0 aromatic heterocycles. The van der Waals surface area contributed by atoms with Crippen molar-refractivity contribution in [3.63, 3.8) is 0 Å². The van der Waals surface area contributed by atoms with E-state index in [0.29, 0.717) is 16.7 Å². The molecule has 0 radical (unpaired) electrons. The number of rotatable bonds is 4. The molecule has 0 aromatic carbocycles. The maximum atomic E-state index is 11.1. The summed E-state index contributed by atoms with van der Waals surface area (Å²) in [6.45, 7) is 7.22. The van der Waals surface area contributed by atoms with Gasteiger partial charge in [-0.3, -0.25) is 0 Å². The smallest absolute Gasteiger partial charge is 0.120 e. The number of carbonyl (C=O) groups excluding carboxylic acids is 1. The van der Waals surface area contributed by atoms with Gasteiger partial charge in [-0.1, -0.05) is 51.0 Å². The standard InChI is InChI=1S/C20H30O/c1-4-11-20(3)15(10-14-21)7-8-16-17-6-5-12-19(17,2)13-9-18(16)20/h5-6,12,14-16,18H,4,7-11,13H2,1-3H3.